The van der Waals surface area contributed by atoms with Crippen molar-refractivity contribution in [3.63, 3.8) is 0 Å². The Hall–Kier alpha value is -3.26. The van der Waals surface area contributed by atoms with E-state index >= 15 is 0 Å². The second kappa shape index (κ2) is 7.77. The van der Waals surface area contributed by atoms with Crippen molar-refractivity contribution in [2.45, 2.75) is 18.9 Å². The number of rotatable bonds is 4. The third-order valence-corrected chi connectivity index (χ3v) is 5.87. The molecule has 1 saturated heterocycles. The van der Waals surface area contributed by atoms with Crippen LogP contribution in [0.4, 0.5) is 16.2 Å². The van der Waals surface area contributed by atoms with Gasteiger partial charge in [-0.3, -0.25) is 10.1 Å². The Labute approximate surface area is 165 Å². The Balaban J connectivity index is 1.53. The van der Waals surface area contributed by atoms with Crippen molar-refractivity contribution in [1.29, 1.82) is 0 Å². The van der Waals surface area contributed by atoms with Crippen molar-refractivity contribution in [2.24, 2.45) is 0 Å². The van der Waals surface area contributed by atoms with Crippen LogP contribution in [0.15, 0.2) is 60.8 Å². The van der Waals surface area contributed by atoms with E-state index in [1.54, 1.807) is 28.4 Å². The topological polar surface area (TPSA) is 88.4 Å². The highest BCUT2D eigenvalue weighted by molar-refractivity contribution is 7.15. The molecule has 1 aliphatic rings. The van der Waals surface area contributed by atoms with Gasteiger partial charge in [0, 0.05) is 18.8 Å². The predicted molar refractivity (Wildman–Crippen MR) is 108 cm³/mol. The molecule has 1 atom stereocenters. The number of hydrogen-bond acceptors (Lipinski definition) is 5. The molecule has 8 heteroatoms. The number of urea groups is 1. The standard InChI is InChI=1S/C20H18N4O3S/c25-20(22-15-9-4-5-10-16(15)24(26)27)23-12-6-11-17(23)19-21-13-18(28-19)14-7-2-1-3-8-14/h1-5,7-10,13,17H,6,11-12H2,(H,22,25)/t17-/m0/s1. The SMILES string of the molecule is O=C(Nc1ccccc1[N+](=O)[O-])N1CCC[C@H]1c1ncc(-c2ccccc2)s1. The average Bonchev–Trinajstić information content (AvgIpc) is 3.38. The molecule has 0 radical (unpaired) electrons. The van der Waals surface area contributed by atoms with Gasteiger partial charge >= 0.3 is 6.03 Å². The molecule has 0 saturated carbocycles. The average molecular weight is 394 g/mol. The number of anilines is 1. The maximum Gasteiger partial charge on any atom is 0.322 e. The number of carbonyl (C=O) groups is 1. The summed E-state index contributed by atoms with van der Waals surface area (Å²) >= 11 is 1.58. The lowest BCUT2D eigenvalue weighted by Gasteiger charge is -2.23. The Morgan fingerprint density at radius 3 is 2.71 bits per heavy atom. The lowest BCUT2D eigenvalue weighted by atomic mass is 10.2. The zero-order valence-electron chi connectivity index (χ0n) is 14.9. The number of likely N-dealkylation sites (tertiary alicyclic amines) is 1. The summed E-state index contributed by atoms with van der Waals surface area (Å²) in [6.45, 7) is 0.595. The number of nitro groups is 1. The zero-order chi connectivity index (χ0) is 19.5. The number of hydrogen-bond donors (Lipinski definition) is 1. The van der Waals surface area contributed by atoms with Crippen LogP contribution in [-0.2, 0) is 0 Å². The van der Waals surface area contributed by atoms with Crippen LogP contribution in [0, 0.1) is 10.1 Å². The fraction of sp³-hybridized carbons (Fsp3) is 0.200. The molecule has 0 unspecified atom stereocenters. The number of para-hydroxylation sites is 2. The first kappa shape index (κ1) is 18.1. The Morgan fingerprint density at radius 2 is 1.93 bits per heavy atom. The van der Waals surface area contributed by atoms with Crippen LogP contribution in [0.2, 0.25) is 0 Å². The van der Waals surface area contributed by atoms with Crippen molar-refractivity contribution in [1.82, 2.24) is 9.88 Å². The molecule has 2 amide bonds. The molecular formula is C20H18N4O3S. The minimum Gasteiger partial charge on any atom is -0.315 e. The van der Waals surface area contributed by atoms with Gasteiger partial charge in [-0.1, -0.05) is 42.5 Å². The summed E-state index contributed by atoms with van der Waals surface area (Å²) in [6, 6.07) is 15.7. The molecule has 2 aromatic carbocycles. The number of nitro benzene ring substituents is 1. The van der Waals surface area contributed by atoms with Crippen LogP contribution in [0.25, 0.3) is 10.4 Å². The maximum absolute atomic E-state index is 12.8. The molecule has 1 aromatic heterocycles. The summed E-state index contributed by atoms with van der Waals surface area (Å²) in [5, 5.41) is 14.8. The fourth-order valence-electron chi connectivity index (χ4n) is 3.37. The molecule has 1 aliphatic heterocycles. The highest BCUT2D eigenvalue weighted by Gasteiger charge is 2.33. The summed E-state index contributed by atoms with van der Waals surface area (Å²) < 4.78 is 0. The van der Waals surface area contributed by atoms with E-state index in [1.807, 2.05) is 36.5 Å². The van der Waals surface area contributed by atoms with Crippen molar-refractivity contribution in [2.75, 3.05) is 11.9 Å². The van der Waals surface area contributed by atoms with Gasteiger partial charge in [0.05, 0.1) is 15.8 Å². The summed E-state index contributed by atoms with van der Waals surface area (Å²) in [5.41, 5.74) is 1.18. The first-order chi connectivity index (χ1) is 13.6. The van der Waals surface area contributed by atoms with Gasteiger partial charge in [-0.25, -0.2) is 9.78 Å². The van der Waals surface area contributed by atoms with Gasteiger partial charge in [-0.15, -0.1) is 11.3 Å². The number of nitrogens with zero attached hydrogens (tertiary/aromatic N) is 3. The number of thiazole rings is 1. The highest BCUT2D eigenvalue weighted by atomic mass is 32.1. The third-order valence-electron chi connectivity index (χ3n) is 4.72. The maximum atomic E-state index is 12.8. The molecule has 7 nitrogen and oxygen atoms in total. The first-order valence-corrected chi connectivity index (χ1v) is 9.77. The molecule has 142 valence electrons. The monoisotopic (exact) mass is 394 g/mol. The summed E-state index contributed by atoms with van der Waals surface area (Å²) in [6.07, 6.45) is 3.53. The van der Waals surface area contributed by atoms with Crippen LogP contribution in [-0.4, -0.2) is 27.4 Å². The van der Waals surface area contributed by atoms with Gasteiger partial charge in [-0.2, -0.15) is 0 Å². The number of benzene rings is 2. The van der Waals surface area contributed by atoms with Crippen LogP contribution in [0.1, 0.15) is 23.9 Å². The molecule has 4 rings (SSSR count). The van der Waals surface area contributed by atoms with Crippen LogP contribution >= 0.6 is 11.3 Å². The van der Waals surface area contributed by atoms with Gasteiger partial charge in [-0.05, 0) is 24.5 Å². The molecule has 3 aromatic rings. The van der Waals surface area contributed by atoms with Gasteiger partial charge in [0.25, 0.3) is 5.69 Å². The Bertz CT molecular complexity index is 1010. The predicted octanol–water partition coefficient (Wildman–Crippen LogP) is 5.09. The van der Waals surface area contributed by atoms with E-state index in [1.165, 1.54) is 12.1 Å². The minimum atomic E-state index is -0.496. The quantitative estimate of drug-likeness (QED) is 0.493. The van der Waals surface area contributed by atoms with Crippen LogP contribution < -0.4 is 5.32 Å². The van der Waals surface area contributed by atoms with Crippen molar-refractivity contribution >= 4 is 28.7 Å². The van der Waals surface area contributed by atoms with E-state index < -0.39 is 4.92 Å². The highest BCUT2D eigenvalue weighted by Crippen LogP contribution is 2.37. The Morgan fingerprint density at radius 1 is 1.18 bits per heavy atom. The summed E-state index contributed by atoms with van der Waals surface area (Å²) in [7, 11) is 0. The number of amides is 2. The van der Waals surface area contributed by atoms with Gasteiger partial charge in [0.2, 0.25) is 0 Å². The molecular weight excluding hydrogens is 376 g/mol. The molecule has 1 fully saturated rings. The second-order valence-corrected chi connectivity index (χ2v) is 7.55. The minimum absolute atomic E-state index is 0.118. The Kier molecular flexibility index (Phi) is 5.03. The van der Waals surface area contributed by atoms with Crippen molar-refractivity contribution in [3.8, 4) is 10.4 Å². The molecule has 28 heavy (non-hydrogen) atoms. The van der Waals surface area contributed by atoms with E-state index in [-0.39, 0.29) is 23.4 Å². The lowest BCUT2D eigenvalue weighted by Crippen LogP contribution is -2.34. The van der Waals surface area contributed by atoms with Crippen molar-refractivity contribution < 1.29 is 9.72 Å². The van der Waals surface area contributed by atoms with E-state index in [0.717, 1.165) is 28.3 Å². The third kappa shape index (κ3) is 3.59. The van der Waals surface area contributed by atoms with E-state index in [4.69, 9.17) is 0 Å². The number of carbonyl (C=O) groups excluding carboxylic acids is 1. The van der Waals surface area contributed by atoms with Gasteiger partial charge in [0.1, 0.15) is 10.7 Å². The molecule has 0 bridgehead atoms. The summed E-state index contributed by atoms with van der Waals surface area (Å²) in [4.78, 5) is 30.8. The van der Waals surface area contributed by atoms with Crippen molar-refractivity contribution in [3.05, 3.63) is 75.9 Å². The fourth-order valence-corrected chi connectivity index (χ4v) is 4.44. The summed E-state index contributed by atoms with van der Waals surface area (Å²) in [5.74, 6) is 0. The molecule has 2 heterocycles. The van der Waals surface area contributed by atoms with Crippen LogP contribution in [0.3, 0.4) is 0 Å². The van der Waals surface area contributed by atoms with E-state index in [2.05, 4.69) is 10.3 Å². The van der Waals surface area contributed by atoms with Gasteiger partial charge in [0.15, 0.2) is 0 Å². The zero-order valence-corrected chi connectivity index (χ0v) is 15.8. The number of aromatic nitrogens is 1. The molecule has 0 aliphatic carbocycles. The largest absolute Gasteiger partial charge is 0.322 e. The second-order valence-electron chi connectivity index (χ2n) is 6.48. The molecule has 1 N–H and O–H groups in total. The van der Waals surface area contributed by atoms with Crippen LogP contribution in [0.5, 0.6) is 0 Å². The van der Waals surface area contributed by atoms with E-state index in [0.29, 0.717) is 6.54 Å². The first-order valence-electron chi connectivity index (χ1n) is 8.95. The lowest BCUT2D eigenvalue weighted by molar-refractivity contribution is -0.383. The number of nitrogens with one attached hydrogen (secondary N) is 1. The normalized spacial score (nSPS) is 16.1. The molecule has 0 spiro atoms. The smallest absolute Gasteiger partial charge is 0.315 e. The van der Waals surface area contributed by atoms with Gasteiger partial charge < -0.3 is 10.2 Å². The van der Waals surface area contributed by atoms with E-state index in [9.17, 15) is 14.9 Å².